The van der Waals surface area contributed by atoms with Crippen molar-refractivity contribution in [3.05, 3.63) is 95.8 Å². The van der Waals surface area contributed by atoms with Crippen molar-refractivity contribution in [2.24, 2.45) is 0 Å². The second-order valence-electron chi connectivity index (χ2n) is 5.64. The van der Waals surface area contributed by atoms with E-state index in [9.17, 15) is 4.79 Å². The van der Waals surface area contributed by atoms with Crippen LogP contribution in [0.25, 0.3) is 0 Å². The van der Waals surface area contributed by atoms with Gasteiger partial charge in [-0.05, 0) is 29.8 Å². The minimum atomic E-state index is -0.534. The molecule has 2 heterocycles. The normalized spacial score (nSPS) is 16.4. The monoisotopic (exact) mass is 316 g/mol. The minimum Gasteiger partial charge on any atom is -0.464 e. The molecule has 0 saturated carbocycles. The van der Waals surface area contributed by atoms with Crippen LogP contribution < -0.4 is 4.74 Å². The van der Waals surface area contributed by atoms with Crippen molar-refractivity contribution in [3.8, 4) is 5.75 Å². The maximum absolute atomic E-state index is 13.0. The van der Waals surface area contributed by atoms with Gasteiger partial charge in [0.2, 0.25) is 6.23 Å². The van der Waals surface area contributed by atoms with E-state index in [1.807, 2.05) is 66.7 Å². The molecule has 0 fully saturated rings. The number of rotatable bonds is 3. The van der Waals surface area contributed by atoms with Gasteiger partial charge in [0.25, 0.3) is 5.91 Å². The topological polar surface area (TPSA) is 42.4 Å². The van der Waals surface area contributed by atoms with Crippen LogP contribution >= 0.6 is 0 Å². The first kappa shape index (κ1) is 14.5. The number of nitrogens with zero attached hydrogens (tertiary/aromatic N) is 2. The lowest BCUT2D eigenvalue weighted by molar-refractivity contribution is 0.00273. The maximum atomic E-state index is 13.0. The highest BCUT2D eigenvalue weighted by molar-refractivity contribution is 5.98. The highest BCUT2D eigenvalue weighted by Crippen LogP contribution is 2.35. The summed E-state index contributed by atoms with van der Waals surface area (Å²) in [5.74, 6) is 0.554. The van der Waals surface area contributed by atoms with E-state index in [1.165, 1.54) is 0 Å². The van der Waals surface area contributed by atoms with Crippen LogP contribution in [-0.2, 0) is 6.54 Å². The van der Waals surface area contributed by atoms with Crippen molar-refractivity contribution >= 4 is 5.91 Å². The third-order valence-electron chi connectivity index (χ3n) is 4.04. The molecule has 0 spiro atoms. The van der Waals surface area contributed by atoms with Gasteiger partial charge in [0.1, 0.15) is 11.4 Å². The smallest absolute Gasteiger partial charge is 0.261 e. The molecule has 24 heavy (non-hydrogen) atoms. The first-order chi connectivity index (χ1) is 11.8. The molecule has 2 aromatic carbocycles. The Morgan fingerprint density at radius 2 is 1.67 bits per heavy atom. The van der Waals surface area contributed by atoms with Gasteiger partial charge in [0, 0.05) is 12.7 Å². The molecule has 1 aromatic heterocycles. The predicted molar refractivity (Wildman–Crippen MR) is 90.4 cm³/mol. The molecular weight excluding hydrogens is 300 g/mol. The predicted octanol–water partition coefficient (Wildman–Crippen LogP) is 3.82. The summed E-state index contributed by atoms with van der Waals surface area (Å²) in [4.78, 5) is 19.1. The highest BCUT2D eigenvalue weighted by Gasteiger charge is 2.35. The largest absolute Gasteiger partial charge is 0.464 e. The van der Waals surface area contributed by atoms with Gasteiger partial charge in [-0.2, -0.15) is 0 Å². The fourth-order valence-electron chi connectivity index (χ4n) is 2.87. The minimum absolute atomic E-state index is 0.0450. The van der Waals surface area contributed by atoms with E-state index in [0.717, 1.165) is 11.3 Å². The van der Waals surface area contributed by atoms with Crippen molar-refractivity contribution in [2.75, 3.05) is 0 Å². The fraction of sp³-hybridized carbons (Fsp3) is 0.100. The number of ether oxygens (including phenoxy) is 1. The number of carbonyl (C=O) groups excluding carboxylic acids is 1. The number of amides is 1. The van der Waals surface area contributed by atoms with E-state index < -0.39 is 6.23 Å². The van der Waals surface area contributed by atoms with Gasteiger partial charge in [-0.1, -0.05) is 48.5 Å². The zero-order chi connectivity index (χ0) is 16.4. The lowest BCUT2D eigenvalue weighted by Gasteiger charge is -2.36. The summed E-state index contributed by atoms with van der Waals surface area (Å²) in [7, 11) is 0. The highest BCUT2D eigenvalue weighted by atomic mass is 16.5. The van der Waals surface area contributed by atoms with Gasteiger partial charge in [0.05, 0.1) is 5.56 Å². The molecule has 0 radical (unpaired) electrons. The van der Waals surface area contributed by atoms with Crippen LogP contribution in [0.1, 0.15) is 27.8 Å². The van der Waals surface area contributed by atoms with Gasteiger partial charge in [-0.15, -0.1) is 0 Å². The molecule has 0 aliphatic carbocycles. The Balaban J connectivity index is 1.76. The number of hydrogen-bond donors (Lipinski definition) is 0. The first-order valence-corrected chi connectivity index (χ1v) is 7.84. The second kappa shape index (κ2) is 6.16. The Hall–Kier alpha value is -3.14. The van der Waals surface area contributed by atoms with Crippen LogP contribution in [0, 0.1) is 0 Å². The van der Waals surface area contributed by atoms with Crippen molar-refractivity contribution in [2.45, 2.75) is 12.8 Å². The summed E-state index contributed by atoms with van der Waals surface area (Å²) in [6, 6.07) is 22.9. The quantitative estimate of drug-likeness (QED) is 0.738. The summed E-state index contributed by atoms with van der Waals surface area (Å²) >= 11 is 0. The molecule has 4 rings (SSSR count). The Morgan fingerprint density at radius 3 is 2.46 bits per heavy atom. The summed E-state index contributed by atoms with van der Waals surface area (Å²) in [5, 5.41) is 0. The Kier molecular flexibility index (Phi) is 3.71. The average Bonchev–Trinajstić information content (AvgIpc) is 2.65. The zero-order valence-corrected chi connectivity index (χ0v) is 13.0. The number of pyridine rings is 1. The first-order valence-electron chi connectivity index (χ1n) is 7.84. The standard InChI is InChI=1S/C20H16N2O2/c23-19-16-10-4-5-12-18(16)24-20(17-11-6-7-13-21-17)22(19)14-15-8-2-1-3-9-15/h1-13,20H,14H2/t20-/m1/s1. The lowest BCUT2D eigenvalue weighted by atomic mass is 10.1. The van der Waals surface area contributed by atoms with Crippen LogP contribution in [0.3, 0.4) is 0 Å². The average molecular weight is 316 g/mol. The van der Waals surface area contributed by atoms with Crippen molar-refractivity contribution < 1.29 is 9.53 Å². The van der Waals surface area contributed by atoms with E-state index in [4.69, 9.17) is 4.74 Å². The van der Waals surface area contributed by atoms with Crippen LogP contribution in [0.5, 0.6) is 5.75 Å². The number of carbonyl (C=O) groups is 1. The van der Waals surface area contributed by atoms with Crippen LogP contribution in [0.4, 0.5) is 0 Å². The molecule has 0 saturated heterocycles. The summed E-state index contributed by atoms with van der Waals surface area (Å²) < 4.78 is 6.12. The number of hydrogen-bond acceptors (Lipinski definition) is 3. The van der Waals surface area contributed by atoms with E-state index >= 15 is 0 Å². The second-order valence-corrected chi connectivity index (χ2v) is 5.64. The summed E-state index contributed by atoms with van der Waals surface area (Å²) in [6.45, 7) is 0.468. The Morgan fingerprint density at radius 1 is 0.917 bits per heavy atom. The molecule has 1 aliphatic heterocycles. The van der Waals surface area contributed by atoms with E-state index in [1.54, 1.807) is 17.2 Å². The van der Waals surface area contributed by atoms with Crippen molar-refractivity contribution in [3.63, 3.8) is 0 Å². The Bertz CT molecular complexity index is 850. The number of benzene rings is 2. The molecule has 0 unspecified atom stereocenters. The zero-order valence-electron chi connectivity index (χ0n) is 13.0. The fourth-order valence-corrected chi connectivity index (χ4v) is 2.87. The van der Waals surface area contributed by atoms with E-state index in [0.29, 0.717) is 17.9 Å². The van der Waals surface area contributed by atoms with Crippen molar-refractivity contribution in [1.82, 2.24) is 9.88 Å². The number of fused-ring (bicyclic) bond motifs is 1. The molecule has 118 valence electrons. The maximum Gasteiger partial charge on any atom is 0.261 e. The molecule has 4 heteroatoms. The molecule has 0 bridgehead atoms. The number of aromatic nitrogens is 1. The molecular formula is C20H16N2O2. The molecule has 1 aliphatic rings. The van der Waals surface area contributed by atoms with Gasteiger partial charge in [-0.3, -0.25) is 14.7 Å². The van der Waals surface area contributed by atoms with Crippen molar-refractivity contribution in [1.29, 1.82) is 0 Å². The lowest BCUT2D eigenvalue weighted by Crippen LogP contribution is -2.41. The SMILES string of the molecule is O=C1c2ccccc2O[C@H](c2ccccn2)N1Cc1ccccc1. The summed E-state index contributed by atoms with van der Waals surface area (Å²) in [5.41, 5.74) is 2.35. The Labute approximate surface area is 140 Å². The van der Waals surface area contributed by atoms with Crippen LogP contribution in [-0.4, -0.2) is 15.8 Å². The molecule has 0 N–H and O–H groups in total. The molecule has 1 amide bonds. The molecule has 1 atom stereocenters. The van der Waals surface area contributed by atoms with Crippen LogP contribution in [0.15, 0.2) is 79.0 Å². The third-order valence-corrected chi connectivity index (χ3v) is 4.04. The van der Waals surface area contributed by atoms with E-state index in [-0.39, 0.29) is 5.91 Å². The summed E-state index contributed by atoms with van der Waals surface area (Å²) in [6.07, 6.45) is 1.18. The van der Waals surface area contributed by atoms with Gasteiger partial charge in [-0.25, -0.2) is 0 Å². The van der Waals surface area contributed by atoms with Gasteiger partial charge >= 0.3 is 0 Å². The molecule has 3 aromatic rings. The van der Waals surface area contributed by atoms with Crippen LogP contribution in [0.2, 0.25) is 0 Å². The van der Waals surface area contributed by atoms with Gasteiger partial charge < -0.3 is 4.74 Å². The third kappa shape index (κ3) is 2.63. The van der Waals surface area contributed by atoms with Gasteiger partial charge in [0.15, 0.2) is 0 Å². The number of para-hydroxylation sites is 1. The molecule has 4 nitrogen and oxygen atoms in total. The van der Waals surface area contributed by atoms with E-state index in [2.05, 4.69) is 4.98 Å².